The van der Waals surface area contributed by atoms with Gasteiger partial charge in [-0.15, -0.1) is 0 Å². The summed E-state index contributed by atoms with van der Waals surface area (Å²) < 4.78 is 36.5. The summed E-state index contributed by atoms with van der Waals surface area (Å²) >= 11 is 0. The molecule has 0 radical (unpaired) electrons. The van der Waals surface area contributed by atoms with E-state index in [1.54, 1.807) is 6.07 Å². The molecule has 5 heteroatoms. The highest BCUT2D eigenvalue weighted by atomic mass is 32.2. The van der Waals surface area contributed by atoms with E-state index >= 15 is 0 Å². The monoisotopic (exact) mass is 271 g/mol. The van der Waals surface area contributed by atoms with Crippen LogP contribution in [0.5, 0.6) is 0 Å². The summed E-state index contributed by atoms with van der Waals surface area (Å²) in [5.74, 6) is 0.0222. The predicted octanol–water partition coefficient (Wildman–Crippen LogP) is 1.44. The van der Waals surface area contributed by atoms with E-state index in [9.17, 15) is 12.8 Å². The van der Waals surface area contributed by atoms with E-state index < -0.39 is 15.3 Å². The van der Waals surface area contributed by atoms with Gasteiger partial charge < -0.3 is 5.73 Å². The molecule has 1 aromatic carbocycles. The number of sulfone groups is 1. The fraction of sp³-hybridized carbons (Fsp3) is 0.538. The van der Waals surface area contributed by atoms with E-state index in [1.807, 2.05) is 6.92 Å². The van der Waals surface area contributed by atoms with Gasteiger partial charge in [0.1, 0.15) is 5.82 Å². The van der Waals surface area contributed by atoms with Crippen LogP contribution >= 0.6 is 0 Å². The number of halogens is 1. The first-order valence-electron chi connectivity index (χ1n) is 6.01. The van der Waals surface area contributed by atoms with Crippen molar-refractivity contribution in [3.05, 3.63) is 35.1 Å². The molecule has 1 saturated heterocycles. The molecular weight excluding hydrogens is 253 g/mol. The summed E-state index contributed by atoms with van der Waals surface area (Å²) in [6.45, 7) is 2.23. The van der Waals surface area contributed by atoms with Crippen LogP contribution in [0, 0.1) is 18.2 Å². The molecule has 0 aromatic heterocycles. The molecule has 0 aliphatic carbocycles. The third kappa shape index (κ3) is 2.72. The van der Waals surface area contributed by atoms with E-state index in [0.717, 1.165) is 11.1 Å². The lowest BCUT2D eigenvalue weighted by molar-refractivity contribution is 0.343. The molecule has 1 heterocycles. The second kappa shape index (κ2) is 4.63. The second-order valence-corrected chi connectivity index (χ2v) is 7.48. The van der Waals surface area contributed by atoms with Crippen LogP contribution in [0.25, 0.3) is 0 Å². The first-order valence-corrected chi connectivity index (χ1v) is 7.84. The largest absolute Gasteiger partial charge is 0.330 e. The van der Waals surface area contributed by atoms with Crippen molar-refractivity contribution in [3.63, 3.8) is 0 Å². The van der Waals surface area contributed by atoms with E-state index in [2.05, 4.69) is 0 Å². The molecule has 1 atom stereocenters. The van der Waals surface area contributed by atoms with Gasteiger partial charge in [-0.05, 0) is 49.6 Å². The molecule has 1 aromatic rings. The van der Waals surface area contributed by atoms with Gasteiger partial charge in [0.2, 0.25) is 0 Å². The molecule has 1 fully saturated rings. The third-order valence-corrected chi connectivity index (χ3v) is 5.66. The van der Waals surface area contributed by atoms with Gasteiger partial charge in [-0.3, -0.25) is 0 Å². The zero-order valence-corrected chi connectivity index (χ0v) is 11.3. The quantitative estimate of drug-likeness (QED) is 0.905. The number of benzene rings is 1. The first kappa shape index (κ1) is 13.5. The van der Waals surface area contributed by atoms with Gasteiger partial charge in [0.05, 0.1) is 11.5 Å². The lowest BCUT2D eigenvalue weighted by Gasteiger charge is -2.26. The van der Waals surface area contributed by atoms with Crippen molar-refractivity contribution in [2.24, 2.45) is 11.1 Å². The Morgan fingerprint density at radius 1 is 1.44 bits per heavy atom. The molecular formula is C13H18FNO2S. The van der Waals surface area contributed by atoms with Crippen LogP contribution in [0.3, 0.4) is 0 Å². The highest BCUT2D eigenvalue weighted by molar-refractivity contribution is 7.91. The zero-order chi connectivity index (χ0) is 13.4. The molecule has 100 valence electrons. The lowest BCUT2D eigenvalue weighted by Crippen LogP contribution is -2.34. The van der Waals surface area contributed by atoms with Gasteiger partial charge in [0.15, 0.2) is 9.84 Å². The minimum absolute atomic E-state index is 0.118. The second-order valence-electron chi connectivity index (χ2n) is 5.29. The van der Waals surface area contributed by atoms with E-state index in [0.29, 0.717) is 19.4 Å². The van der Waals surface area contributed by atoms with Crippen molar-refractivity contribution >= 4 is 9.84 Å². The van der Waals surface area contributed by atoms with Crippen LogP contribution in [0.2, 0.25) is 0 Å². The van der Waals surface area contributed by atoms with E-state index in [1.165, 1.54) is 12.1 Å². The van der Waals surface area contributed by atoms with E-state index in [-0.39, 0.29) is 17.3 Å². The van der Waals surface area contributed by atoms with Gasteiger partial charge in [-0.2, -0.15) is 0 Å². The van der Waals surface area contributed by atoms with Crippen LogP contribution in [0.4, 0.5) is 4.39 Å². The van der Waals surface area contributed by atoms with Crippen LogP contribution < -0.4 is 5.73 Å². The summed E-state index contributed by atoms with van der Waals surface area (Å²) in [6.07, 6.45) is 1.11. The predicted molar refractivity (Wildman–Crippen MR) is 69.6 cm³/mol. The van der Waals surface area contributed by atoms with E-state index in [4.69, 9.17) is 5.73 Å². The Labute approximate surface area is 107 Å². The fourth-order valence-electron chi connectivity index (χ4n) is 2.59. The van der Waals surface area contributed by atoms with Gasteiger partial charge in [-0.25, -0.2) is 12.8 Å². The molecule has 0 saturated carbocycles. The lowest BCUT2D eigenvalue weighted by atomic mass is 9.80. The maximum atomic E-state index is 13.3. The number of hydrogen-bond acceptors (Lipinski definition) is 3. The first-order chi connectivity index (χ1) is 8.36. The van der Waals surface area contributed by atoms with Crippen molar-refractivity contribution in [2.75, 3.05) is 18.1 Å². The molecule has 2 rings (SSSR count). The molecule has 1 aliphatic heterocycles. The van der Waals surface area contributed by atoms with Gasteiger partial charge >= 0.3 is 0 Å². The fourth-order valence-corrected chi connectivity index (χ4v) is 4.78. The Hall–Kier alpha value is -0.940. The summed E-state index contributed by atoms with van der Waals surface area (Å²) in [7, 11) is -2.98. The highest BCUT2D eigenvalue weighted by Crippen LogP contribution is 2.35. The summed E-state index contributed by atoms with van der Waals surface area (Å²) in [5.41, 5.74) is 7.19. The third-order valence-electron chi connectivity index (χ3n) is 3.78. The SMILES string of the molecule is Cc1ccc(F)cc1CC1(CN)CCS(=O)(=O)C1. The topological polar surface area (TPSA) is 60.2 Å². The number of rotatable bonds is 3. The normalized spacial score (nSPS) is 26.4. The Morgan fingerprint density at radius 3 is 2.72 bits per heavy atom. The standard InChI is InChI=1S/C13H18FNO2S/c1-10-2-3-12(14)6-11(10)7-13(8-15)4-5-18(16,17)9-13/h2-3,6H,4-5,7-9,15H2,1H3. The molecule has 0 spiro atoms. The molecule has 0 amide bonds. The van der Waals surface area contributed by atoms with Gasteiger partial charge in [0, 0.05) is 5.41 Å². The zero-order valence-electron chi connectivity index (χ0n) is 10.4. The average molecular weight is 271 g/mol. The van der Waals surface area contributed by atoms with Gasteiger partial charge in [0.25, 0.3) is 0 Å². The number of aryl methyl sites for hydroxylation is 1. The Balaban J connectivity index is 2.29. The molecule has 1 aliphatic rings. The molecule has 18 heavy (non-hydrogen) atoms. The van der Waals surface area contributed by atoms with Crippen molar-refractivity contribution in [1.29, 1.82) is 0 Å². The average Bonchev–Trinajstić information content (AvgIpc) is 2.60. The highest BCUT2D eigenvalue weighted by Gasteiger charge is 2.41. The Morgan fingerprint density at radius 2 is 2.17 bits per heavy atom. The van der Waals surface area contributed by atoms with Crippen molar-refractivity contribution < 1.29 is 12.8 Å². The number of nitrogens with two attached hydrogens (primary N) is 1. The summed E-state index contributed by atoms with van der Waals surface area (Å²) in [6, 6.07) is 4.62. The van der Waals surface area contributed by atoms with Crippen LogP contribution in [0.15, 0.2) is 18.2 Å². The maximum Gasteiger partial charge on any atom is 0.150 e. The number of hydrogen-bond donors (Lipinski definition) is 1. The minimum Gasteiger partial charge on any atom is -0.330 e. The summed E-state index contributed by atoms with van der Waals surface area (Å²) in [4.78, 5) is 0. The maximum absolute atomic E-state index is 13.3. The molecule has 0 bridgehead atoms. The van der Waals surface area contributed by atoms with Crippen molar-refractivity contribution in [3.8, 4) is 0 Å². The Kier molecular flexibility index (Phi) is 3.47. The minimum atomic E-state index is -2.98. The van der Waals surface area contributed by atoms with Crippen LogP contribution in [0.1, 0.15) is 17.5 Å². The van der Waals surface area contributed by atoms with Crippen molar-refractivity contribution in [1.82, 2.24) is 0 Å². The van der Waals surface area contributed by atoms with Crippen LogP contribution in [-0.2, 0) is 16.3 Å². The molecule has 3 nitrogen and oxygen atoms in total. The smallest absolute Gasteiger partial charge is 0.150 e. The molecule has 2 N–H and O–H groups in total. The van der Waals surface area contributed by atoms with Crippen LogP contribution in [-0.4, -0.2) is 26.5 Å². The molecule has 1 unspecified atom stereocenters. The van der Waals surface area contributed by atoms with Crippen molar-refractivity contribution in [2.45, 2.75) is 19.8 Å². The summed E-state index contributed by atoms with van der Waals surface area (Å²) in [5, 5.41) is 0. The van der Waals surface area contributed by atoms with Gasteiger partial charge in [-0.1, -0.05) is 6.07 Å². The Bertz CT molecular complexity index is 556.